The second-order valence-electron chi connectivity index (χ2n) is 4.99. The fraction of sp³-hybridized carbons (Fsp3) is 0.769. The minimum atomic E-state index is -0.886. The van der Waals surface area contributed by atoms with E-state index in [9.17, 15) is 14.4 Å². The van der Waals surface area contributed by atoms with E-state index in [1.807, 2.05) is 4.90 Å². The van der Waals surface area contributed by atoms with E-state index in [1.54, 1.807) is 4.90 Å². The Morgan fingerprint density at radius 1 is 1.20 bits per heavy atom. The summed E-state index contributed by atoms with van der Waals surface area (Å²) in [4.78, 5) is 37.1. The van der Waals surface area contributed by atoms with Gasteiger partial charge >= 0.3 is 5.97 Å². The predicted molar refractivity (Wildman–Crippen MR) is 73.2 cm³/mol. The lowest BCUT2D eigenvalue weighted by Gasteiger charge is -2.24. The Kier molecular flexibility index (Phi) is 7.00. The summed E-state index contributed by atoms with van der Waals surface area (Å²) in [7, 11) is 0. The molecule has 114 valence electrons. The third-order valence-corrected chi connectivity index (χ3v) is 3.26. The highest BCUT2D eigenvalue weighted by molar-refractivity contribution is 5.78. The van der Waals surface area contributed by atoms with Crippen molar-refractivity contribution in [3.63, 3.8) is 0 Å². The summed E-state index contributed by atoms with van der Waals surface area (Å²) in [5, 5.41) is 11.4. The summed E-state index contributed by atoms with van der Waals surface area (Å²) in [6.45, 7) is 4.43. The first-order valence-corrected chi connectivity index (χ1v) is 6.95. The van der Waals surface area contributed by atoms with Gasteiger partial charge in [-0.3, -0.25) is 19.3 Å². The van der Waals surface area contributed by atoms with Gasteiger partial charge in [-0.2, -0.15) is 0 Å². The number of hydrogen-bond donors (Lipinski definition) is 2. The third-order valence-electron chi connectivity index (χ3n) is 3.26. The molecule has 2 amide bonds. The van der Waals surface area contributed by atoms with Crippen molar-refractivity contribution >= 4 is 17.8 Å². The Morgan fingerprint density at radius 3 is 2.40 bits per heavy atom. The summed E-state index contributed by atoms with van der Waals surface area (Å²) in [5.41, 5.74) is 0. The van der Waals surface area contributed by atoms with Crippen LogP contribution in [0.4, 0.5) is 0 Å². The summed E-state index contributed by atoms with van der Waals surface area (Å²) in [6.07, 6.45) is 2.06. The van der Waals surface area contributed by atoms with Crippen LogP contribution in [0.25, 0.3) is 0 Å². The molecular weight excluding hydrogens is 262 g/mol. The van der Waals surface area contributed by atoms with Gasteiger partial charge in [0.1, 0.15) is 0 Å². The molecule has 1 heterocycles. The number of amides is 2. The molecule has 0 aromatic heterocycles. The highest BCUT2D eigenvalue weighted by Gasteiger charge is 2.20. The molecule has 0 spiro atoms. The van der Waals surface area contributed by atoms with Gasteiger partial charge in [0.25, 0.3) is 0 Å². The lowest BCUT2D eigenvalue weighted by molar-refractivity contribution is -0.138. The number of likely N-dealkylation sites (tertiary alicyclic amines) is 1. The highest BCUT2D eigenvalue weighted by Crippen LogP contribution is 2.08. The van der Waals surface area contributed by atoms with Crippen LogP contribution in [0.1, 0.15) is 26.2 Å². The van der Waals surface area contributed by atoms with Crippen molar-refractivity contribution < 1.29 is 19.5 Å². The maximum atomic E-state index is 12.0. The lowest BCUT2D eigenvalue weighted by Crippen LogP contribution is -2.42. The van der Waals surface area contributed by atoms with E-state index in [2.05, 4.69) is 5.32 Å². The number of carbonyl (C=O) groups is 3. The van der Waals surface area contributed by atoms with Gasteiger partial charge in [0, 0.05) is 39.6 Å². The van der Waals surface area contributed by atoms with E-state index in [-0.39, 0.29) is 24.8 Å². The fourth-order valence-electron chi connectivity index (χ4n) is 2.17. The molecule has 1 aliphatic rings. The molecule has 0 aliphatic carbocycles. The molecule has 7 nitrogen and oxygen atoms in total. The maximum absolute atomic E-state index is 12.0. The minimum Gasteiger partial charge on any atom is -0.481 e. The molecule has 1 aliphatic heterocycles. The molecule has 0 radical (unpaired) electrons. The second kappa shape index (κ2) is 8.52. The summed E-state index contributed by atoms with van der Waals surface area (Å²) in [6, 6.07) is 0. The van der Waals surface area contributed by atoms with Gasteiger partial charge in [-0.05, 0) is 12.8 Å². The first-order chi connectivity index (χ1) is 9.49. The Balaban J connectivity index is 2.40. The number of aliphatic carboxylic acids is 1. The van der Waals surface area contributed by atoms with Crippen LogP contribution in [-0.2, 0) is 14.4 Å². The maximum Gasteiger partial charge on any atom is 0.304 e. The molecule has 0 aromatic rings. The monoisotopic (exact) mass is 285 g/mol. The van der Waals surface area contributed by atoms with Crippen molar-refractivity contribution in [1.82, 2.24) is 15.1 Å². The first-order valence-electron chi connectivity index (χ1n) is 6.95. The number of rotatable bonds is 8. The third kappa shape index (κ3) is 6.51. The molecule has 0 bridgehead atoms. The van der Waals surface area contributed by atoms with E-state index in [4.69, 9.17) is 5.11 Å². The van der Waals surface area contributed by atoms with Crippen LogP contribution in [0.2, 0.25) is 0 Å². The Morgan fingerprint density at radius 2 is 1.85 bits per heavy atom. The van der Waals surface area contributed by atoms with Crippen molar-refractivity contribution in [2.24, 2.45) is 0 Å². The van der Waals surface area contributed by atoms with Gasteiger partial charge in [0.2, 0.25) is 11.8 Å². The zero-order valence-corrected chi connectivity index (χ0v) is 11.9. The van der Waals surface area contributed by atoms with E-state index < -0.39 is 5.97 Å². The van der Waals surface area contributed by atoms with E-state index in [0.29, 0.717) is 19.6 Å². The van der Waals surface area contributed by atoms with Crippen LogP contribution in [0.5, 0.6) is 0 Å². The van der Waals surface area contributed by atoms with E-state index in [0.717, 1.165) is 25.9 Å². The Labute approximate surface area is 118 Å². The number of hydrogen-bond acceptors (Lipinski definition) is 4. The Bertz CT molecular complexity index is 354. The van der Waals surface area contributed by atoms with E-state index >= 15 is 0 Å². The molecule has 20 heavy (non-hydrogen) atoms. The zero-order valence-electron chi connectivity index (χ0n) is 11.9. The molecule has 7 heteroatoms. The van der Waals surface area contributed by atoms with Crippen molar-refractivity contribution in [3.8, 4) is 0 Å². The van der Waals surface area contributed by atoms with E-state index in [1.165, 1.54) is 6.92 Å². The molecule has 1 fully saturated rings. The molecule has 1 rings (SSSR count). The van der Waals surface area contributed by atoms with Gasteiger partial charge in [-0.25, -0.2) is 0 Å². The quantitative estimate of drug-likeness (QED) is 0.629. The topological polar surface area (TPSA) is 90.0 Å². The standard InChI is InChI=1S/C13H23N3O4/c1-11(17)14-5-9-15(8-4-13(19)20)10-12(18)16-6-2-3-7-16/h2-10H2,1H3,(H,14,17)(H,19,20). The van der Waals surface area contributed by atoms with Crippen LogP contribution < -0.4 is 5.32 Å². The second-order valence-corrected chi connectivity index (χ2v) is 4.99. The average molecular weight is 285 g/mol. The van der Waals surface area contributed by atoms with Crippen molar-refractivity contribution in [2.75, 3.05) is 39.3 Å². The SMILES string of the molecule is CC(=O)NCCN(CCC(=O)O)CC(=O)N1CCCC1. The number of carboxylic acid groups (broad SMARTS) is 1. The molecule has 2 N–H and O–H groups in total. The van der Waals surface area contributed by atoms with Gasteiger partial charge in [0.15, 0.2) is 0 Å². The molecule has 0 atom stereocenters. The van der Waals surface area contributed by atoms with Gasteiger partial charge in [-0.1, -0.05) is 0 Å². The van der Waals surface area contributed by atoms with Gasteiger partial charge in [-0.15, -0.1) is 0 Å². The smallest absolute Gasteiger partial charge is 0.304 e. The number of nitrogens with zero attached hydrogens (tertiary/aromatic N) is 2. The Hall–Kier alpha value is -1.63. The summed E-state index contributed by atoms with van der Waals surface area (Å²) in [5.74, 6) is -0.979. The highest BCUT2D eigenvalue weighted by atomic mass is 16.4. The summed E-state index contributed by atoms with van der Waals surface area (Å²) >= 11 is 0. The normalized spacial score (nSPS) is 14.6. The van der Waals surface area contributed by atoms with Gasteiger partial charge in [0.05, 0.1) is 13.0 Å². The molecule has 0 unspecified atom stereocenters. The van der Waals surface area contributed by atoms with Crippen molar-refractivity contribution in [2.45, 2.75) is 26.2 Å². The number of carbonyl (C=O) groups excluding carboxylic acids is 2. The fourth-order valence-corrected chi connectivity index (χ4v) is 2.17. The zero-order chi connectivity index (χ0) is 15.0. The lowest BCUT2D eigenvalue weighted by atomic mass is 10.3. The molecule has 0 saturated carbocycles. The van der Waals surface area contributed by atoms with Gasteiger partial charge < -0.3 is 15.3 Å². The predicted octanol–water partition coefficient (Wildman–Crippen LogP) is -0.478. The van der Waals surface area contributed by atoms with Crippen LogP contribution in [0.15, 0.2) is 0 Å². The number of carboxylic acids is 1. The summed E-state index contributed by atoms with van der Waals surface area (Å²) < 4.78 is 0. The minimum absolute atomic E-state index is 0.00660. The van der Waals surface area contributed by atoms with Crippen molar-refractivity contribution in [3.05, 3.63) is 0 Å². The first kappa shape index (κ1) is 16.4. The van der Waals surface area contributed by atoms with Crippen LogP contribution in [0.3, 0.4) is 0 Å². The van der Waals surface area contributed by atoms with Crippen LogP contribution >= 0.6 is 0 Å². The van der Waals surface area contributed by atoms with Crippen molar-refractivity contribution in [1.29, 1.82) is 0 Å². The average Bonchev–Trinajstić information content (AvgIpc) is 2.88. The molecule has 0 aromatic carbocycles. The van der Waals surface area contributed by atoms with Crippen LogP contribution in [-0.4, -0.2) is 72.0 Å². The largest absolute Gasteiger partial charge is 0.481 e. The molecule has 1 saturated heterocycles. The molecular formula is C13H23N3O4. The number of nitrogens with one attached hydrogen (secondary N) is 1. The van der Waals surface area contributed by atoms with Crippen LogP contribution in [0, 0.1) is 0 Å².